The standard InChI is InChI=1S/C17H18FN3O2/c1-11(20-21-19)7-12-8-13(10-22)17(23-2)9-15(12)14-5-3-4-6-16(14)18/h3-6,8-9,11,22H,7,10H2,1-2H3. The van der Waals surface area contributed by atoms with Crippen molar-refractivity contribution >= 4 is 0 Å². The fourth-order valence-corrected chi connectivity index (χ4v) is 2.54. The molecule has 2 aromatic carbocycles. The van der Waals surface area contributed by atoms with E-state index in [4.69, 9.17) is 10.3 Å². The van der Waals surface area contributed by atoms with Crippen molar-refractivity contribution in [3.8, 4) is 16.9 Å². The largest absolute Gasteiger partial charge is 0.496 e. The number of nitrogens with zero attached hydrogens (tertiary/aromatic N) is 3. The van der Waals surface area contributed by atoms with Crippen LogP contribution in [0.3, 0.4) is 0 Å². The van der Waals surface area contributed by atoms with Crippen LogP contribution in [0.1, 0.15) is 18.1 Å². The molecule has 120 valence electrons. The normalized spacial score (nSPS) is 11.7. The predicted octanol–water partition coefficient (Wildman–Crippen LogP) is 4.23. The van der Waals surface area contributed by atoms with Crippen molar-refractivity contribution in [1.82, 2.24) is 0 Å². The zero-order valence-corrected chi connectivity index (χ0v) is 13.0. The van der Waals surface area contributed by atoms with Gasteiger partial charge >= 0.3 is 0 Å². The minimum Gasteiger partial charge on any atom is -0.496 e. The van der Waals surface area contributed by atoms with Gasteiger partial charge in [-0.3, -0.25) is 0 Å². The Morgan fingerprint density at radius 2 is 2.00 bits per heavy atom. The van der Waals surface area contributed by atoms with E-state index in [1.165, 1.54) is 13.2 Å². The summed E-state index contributed by atoms with van der Waals surface area (Å²) < 4.78 is 19.5. The van der Waals surface area contributed by atoms with E-state index in [1.807, 2.05) is 0 Å². The highest BCUT2D eigenvalue weighted by molar-refractivity contribution is 5.71. The van der Waals surface area contributed by atoms with Gasteiger partial charge in [0.25, 0.3) is 0 Å². The van der Waals surface area contributed by atoms with Gasteiger partial charge in [0.15, 0.2) is 0 Å². The molecule has 1 N–H and O–H groups in total. The van der Waals surface area contributed by atoms with E-state index in [0.717, 1.165) is 5.56 Å². The fraction of sp³-hybridized carbons (Fsp3) is 0.294. The smallest absolute Gasteiger partial charge is 0.131 e. The number of methoxy groups -OCH3 is 1. The summed E-state index contributed by atoms with van der Waals surface area (Å²) in [4.78, 5) is 2.80. The van der Waals surface area contributed by atoms with Crippen LogP contribution in [0.15, 0.2) is 41.5 Å². The summed E-state index contributed by atoms with van der Waals surface area (Å²) in [5, 5.41) is 13.2. The summed E-state index contributed by atoms with van der Waals surface area (Å²) >= 11 is 0. The average molecular weight is 315 g/mol. The van der Waals surface area contributed by atoms with Gasteiger partial charge < -0.3 is 9.84 Å². The zero-order valence-electron chi connectivity index (χ0n) is 13.0. The maximum Gasteiger partial charge on any atom is 0.131 e. The molecule has 0 amide bonds. The predicted molar refractivity (Wildman–Crippen MR) is 86.6 cm³/mol. The number of hydrogen-bond acceptors (Lipinski definition) is 3. The molecular weight excluding hydrogens is 297 g/mol. The molecule has 2 aromatic rings. The van der Waals surface area contributed by atoms with E-state index in [-0.39, 0.29) is 18.5 Å². The van der Waals surface area contributed by atoms with Gasteiger partial charge in [-0.05, 0) is 41.3 Å². The number of benzene rings is 2. The van der Waals surface area contributed by atoms with Crippen LogP contribution in [0.4, 0.5) is 4.39 Å². The maximum atomic E-state index is 14.2. The average Bonchev–Trinajstić information content (AvgIpc) is 2.55. The summed E-state index contributed by atoms with van der Waals surface area (Å²) in [6.45, 7) is 1.59. The Morgan fingerprint density at radius 1 is 1.26 bits per heavy atom. The Morgan fingerprint density at radius 3 is 2.61 bits per heavy atom. The monoisotopic (exact) mass is 315 g/mol. The molecule has 0 saturated carbocycles. The summed E-state index contributed by atoms with van der Waals surface area (Å²) in [5.74, 6) is 0.148. The molecule has 0 aliphatic carbocycles. The third kappa shape index (κ3) is 3.80. The van der Waals surface area contributed by atoms with Gasteiger partial charge in [0.1, 0.15) is 11.6 Å². The van der Waals surface area contributed by atoms with E-state index >= 15 is 0 Å². The van der Waals surface area contributed by atoms with E-state index in [2.05, 4.69) is 10.0 Å². The topological polar surface area (TPSA) is 78.2 Å². The van der Waals surface area contributed by atoms with Crippen molar-refractivity contribution in [1.29, 1.82) is 0 Å². The Labute approximate surface area is 134 Å². The molecule has 1 atom stereocenters. The lowest BCUT2D eigenvalue weighted by Crippen LogP contribution is -2.06. The molecule has 0 fully saturated rings. The van der Waals surface area contributed by atoms with Gasteiger partial charge in [0.2, 0.25) is 0 Å². The van der Waals surface area contributed by atoms with Crippen LogP contribution in [0.2, 0.25) is 0 Å². The molecule has 0 aromatic heterocycles. The molecule has 0 radical (unpaired) electrons. The SMILES string of the molecule is COc1cc(-c2ccccc2F)c(CC(C)N=[N+]=[N-])cc1CO. The van der Waals surface area contributed by atoms with Crippen molar-refractivity contribution in [2.45, 2.75) is 26.0 Å². The summed E-state index contributed by atoms with van der Waals surface area (Å²) in [7, 11) is 1.50. The first-order valence-electron chi connectivity index (χ1n) is 7.20. The third-order valence-electron chi connectivity index (χ3n) is 3.60. The number of rotatable bonds is 6. The fourth-order valence-electron chi connectivity index (χ4n) is 2.54. The summed E-state index contributed by atoms with van der Waals surface area (Å²) in [5.41, 5.74) is 11.1. The van der Waals surface area contributed by atoms with Crippen molar-refractivity contribution in [2.75, 3.05) is 7.11 Å². The summed E-state index contributed by atoms with van der Waals surface area (Å²) in [6, 6.07) is 9.65. The molecule has 0 aliphatic rings. The number of aliphatic hydroxyl groups is 1. The van der Waals surface area contributed by atoms with Crippen molar-refractivity contribution < 1.29 is 14.2 Å². The molecule has 0 aliphatic heterocycles. The van der Waals surface area contributed by atoms with Gasteiger partial charge in [0, 0.05) is 22.1 Å². The minimum absolute atomic E-state index is 0.191. The summed E-state index contributed by atoms with van der Waals surface area (Å²) in [6.07, 6.45) is 0.435. The van der Waals surface area contributed by atoms with E-state index < -0.39 is 0 Å². The van der Waals surface area contributed by atoms with Gasteiger partial charge in [-0.1, -0.05) is 30.2 Å². The number of ether oxygens (including phenoxy) is 1. The van der Waals surface area contributed by atoms with Gasteiger partial charge in [-0.15, -0.1) is 0 Å². The molecule has 0 heterocycles. The van der Waals surface area contributed by atoms with Crippen molar-refractivity contribution in [2.24, 2.45) is 5.11 Å². The van der Waals surface area contributed by atoms with Crippen LogP contribution in [0.25, 0.3) is 21.6 Å². The highest BCUT2D eigenvalue weighted by atomic mass is 19.1. The molecule has 0 saturated heterocycles. The molecule has 23 heavy (non-hydrogen) atoms. The van der Waals surface area contributed by atoms with Gasteiger partial charge in [-0.25, -0.2) is 4.39 Å². The molecular formula is C17H18FN3O2. The number of halogens is 1. The minimum atomic E-state index is -0.344. The number of hydrogen-bond donors (Lipinski definition) is 1. The quantitative estimate of drug-likeness (QED) is 0.492. The first-order valence-corrected chi connectivity index (χ1v) is 7.20. The lowest BCUT2D eigenvalue weighted by Gasteiger charge is -2.17. The van der Waals surface area contributed by atoms with E-state index in [0.29, 0.717) is 28.9 Å². The molecule has 0 spiro atoms. The van der Waals surface area contributed by atoms with Crippen molar-refractivity contribution in [3.63, 3.8) is 0 Å². The van der Waals surface area contributed by atoms with Crippen molar-refractivity contribution in [3.05, 3.63) is 63.8 Å². The van der Waals surface area contributed by atoms with E-state index in [9.17, 15) is 9.50 Å². The Bertz CT molecular complexity index is 743. The Hall–Kier alpha value is -2.56. The second-order valence-corrected chi connectivity index (χ2v) is 5.22. The van der Waals surface area contributed by atoms with Gasteiger partial charge in [0.05, 0.1) is 13.7 Å². The lowest BCUT2D eigenvalue weighted by molar-refractivity contribution is 0.273. The van der Waals surface area contributed by atoms with Crippen LogP contribution in [0, 0.1) is 5.82 Å². The number of azide groups is 1. The zero-order chi connectivity index (χ0) is 16.8. The highest BCUT2D eigenvalue weighted by Crippen LogP contribution is 2.33. The first-order chi connectivity index (χ1) is 11.1. The second kappa shape index (κ2) is 7.63. The van der Waals surface area contributed by atoms with Crippen LogP contribution >= 0.6 is 0 Å². The Kier molecular flexibility index (Phi) is 5.57. The van der Waals surface area contributed by atoms with Crippen LogP contribution < -0.4 is 4.74 Å². The number of aliphatic hydroxyl groups excluding tert-OH is 1. The Balaban J connectivity index is 2.61. The first kappa shape index (κ1) is 16.8. The van der Waals surface area contributed by atoms with E-state index in [1.54, 1.807) is 37.3 Å². The second-order valence-electron chi connectivity index (χ2n) is 5.22. The third-order valence-corrected chi connectivity index (χ3v) is 3.60. The maximum absolute atomic E-state index is 14.2. The molecule has 0 bridgehead atoms. The van der Waals surface area contributed by atoms with Crippen LogP contribution in [-0.4, -0.2) is 18.3 Å². The van der Waals surface area contributed by atoms with Gasteiger partial charge in [-0.2, -0.15) is 0 Å². The lowest BCUT2D eigenvalue weighted by atomic mass is 9.93. The highest BCUT2D eigenvalue weighted by Gasteiger charge is 2.16. The molecule has 6 heteroatoms. The molecule has 5 nitrogen and oxygen atoms in total. The van der Waals surface area contributed by atoms with Crippen LogP contribution in [-0.2, 0) is 13.0 Å². The molecule has 2 rings (SSSR count). The molecule has 1 unspecified atom stereocenters. The van der Waals surface area contributed by atoms with Crippen LogP contribution in [0.5, 0.6) is 5.75 Å².